The third kappa shape index (κ3) is 2.70. The van der Waals surface area contributed by atoms with Crippen molar-refractivity contribution in [2.75, 3.05) is 18.0 Å². The van der Waals surface area contributed by atoms with Gasteiger partial charge in [-0.2, -0.15) is 5.26 Å². The van der Waals surface area contributed by atoms with Gasteiger partial charge in [0.05, 0.1) is 4.92 Å². The molecule has 0 amide bonds. The lowest BCUT2D eigenvalue weighted by molar-refractivity contribution is -0.385. The molecule has 0 aromatic carbocycles. The summed E-state index contributed by atoms with van der Waals surface area (Å²) >= 11 is 0. The lowest BCUT2D eigenvalue weighted by atomic mass is 9.92. The molecule has 20 heavy (non-hydrogen) atoms. The molecule has 1 aliphatic heterocycles. The third-order valence-corrected chi connectivity index (χ3v) is 3.71. The van der Waals surface area contributed by atoms with E-state index in [0.29, 0.717) is 18.3 Å². The van der Waals surface area contributed by atoms with Crippen LogP contribution in [0.1, 0.15) is 25.3 Å². The fourth-order valence-corrected chi connectivity index (χ4v) is 2.61. The highest BCUT2D eigenvalue weighted by Crippen LogP contribution is 2.29. The maximum absolute atomic E-state index is 10.7. The zero-order valence-electron chi connectivity index (χ0n) is 11.3. The van der Waals surface area contributed by atoms with Crippen LogP contribution in [-0.2, 0) is 0 Å². The summed E-state index contributed by atoms with van der Waals surface area (Å²) in [6.07, 6.45) is 3.14. The van der Waals surface area contributed by atoms with Gasteiger partial charge in [-0.25, -0.2) is 4.98 Å². The van der Waals surface area contributed by atoms with E-state index in [1.165, 1.54) is 12.3 Å². The van der Waals surface area contributed by atoms with Crippen LogP contribution in [0.25, 0.3) is 0 Å². The van der Waals surface area contributed by atoms with Crippen LogP contribution >= 0.6 is 0 Å². The number of piperidine rings is 1. The number of nitrogens with two attached hydrogens (primary N) is 1. The van der Waals surface area contributed by atoms with Gasteiger partial charge in [-0.15, -0.1) is 0 Å². The first-order valence-corrected chi connectivity index (χ1v) is 6.58. The van der Waals surface area contributed by atoms with Crippen molar-refractivity contribution in [3.05, 3.63) is 27.9 Å². The normalized spacial score (nSPS) is 22.4. The van der Waals surface area contributed by atoms with Crippen molar-refractivity contribution >= 4 is 11.5 Å². The molecule has 1 aromatic heterocycles. The molecule has 0 bridgehead atoms. The van der Waals surface area contributed by atoms with Crippen LogP contribution in [0.3, 0.4) is 0 Å². The highest BCUT2D eigenvalue weighted by Gasteiger charge is 2.28. The van der Waals surface area contributed by atoms with Crippen molar-refractivity contribution < 1.29 is 4.92 Å². The highest BCUT2D eigenvalue weighted by molar-refractivity contribution is 5.58. The molecule has 1 aliphatic rings. The Morgan fingerprint density at radius 1 is 1.70 bits per heavy atom. The second-order valence-corrected chi connectivity index (χ2v) is 5.15. The van der Waals surface area contributed by atoms with Crippen LogP contribution in [0.5, 0.6) is 0 Å². The molecule has 0 aliphatic carbocycles. The fourth-order valence-electron chi connectivity index (χ4n) is 2.61. The molecule has 2 heterocycles. The van der Waals surface area contributed by atoms with Gasteiger partial charge in [0.1, 0.15) is 23.6 Å². The van der Waals surface area contributed by atoms with Gasteiger partial charge < -0.3 is 10.6 Å². The van der Waals surface area contributed by atoms with Crippen LogP contribution in [0, 0.1) is 27.4 Å². The average Bonchev–Trinajstić information content (AvgIpc) is 2.46. The lowest BCUT2D eigenvalue weighted by Gasteiger charge is -2.39. The predicted molar refractivity (Wildman–Crippen MR) is 74.2 cm³/mol. The van der Waals surface area contributed by atoms with E-state index >= 15 is 0 Å². The quantitative estimate of drug-likeness (QED) is 0.660. The van der Waals surface area contributed by atoms with Crippen molar-refractivity contribution in [2.45, 2.75) is 25.8 Å². The molecule has 0 spiro atoms. The van der Waals surface area contributed by atoms with E-state index in [4.69, 9.17) is 5.73 Å². The standard InChI is InChI=1S/C13H17N5O2/c1-9-2-3-17(11(4-9)7-15)13-10(6-14)5-12(8-16-13)18(19)20/h5,8-9,11H,2-4,7,15H2,1H3. The summed E-state index contributed by atoms with van der Waals surface area (Å²) in [4.78, 5) is 16.3. The molecule has 7 nitrogen and oxygen atoms in total. The molecule has 106 valence electrons. The second kappa shape index (κ2) is 5.84. The van der Waals surface area contributed by atoms with Gasteiger partial charge in [-0.05, 0) is 18.8 Å². The van der Waals surface area contributed by atoms with Crippen LogP contribution in [0.4, 0.5) is 11.5 Å². The number of hydrogen-bond donors (Lipinski definition) is 1. The fraction of sp³-hybridized carbons (Fsp3) is 0.538. The number of hydrogen-bond acceptors (Lipinski definition) is 6. The van der Waals surface area contributed by atoms with Crippen LogP contribution < -0.4 is 10.6 Å². The van der Waals surface area contributed by atoms with Crippen molar-refractivity contribution in [1.82, 2.24) is 4.98 Å². The summed E-state index contributed by atoms with van der Waals surface area (Å²) in [6, 6.07) is 3.39. The number of nitro groups is 1. The van der Waals surface area contributed by atoms with E-state index in [1.807, 2.05) is 11.0 Å². The molecule has 1 fully saturated rings. The van der Waals surface area contributed by atoms with E-state index in [-0.39, 0.29) is 17.3 Å². The highest BCUT2D eigenvalue weighted by atomic mass is 16.6. The van der Waals surface area contributed by atoms with Gasteiger partial charge in [0.25, 0.3) is 5.69 Å². The Labute approximate surface area is 117 Å². The number of anilines is 1. The van der Waals surface area contributed by atoms with Gasteiger partial charge in [0.15, 0.2) is 0 Å². The van der Waals surface area contributed by atoms with Gasteiger partial charge >= 0.3 is 0 Å². The van der Waals surface area contributed by atoms with Gasteiger partial charge in [-0.3, -0.25) is 10.1 Å². The Morgan fingerprint density at radius 3 is 3.05 bits per heavy atom. The minimum atomic E-state index is -0.545. The topological polar surface area (TPSA) is 109 Å². The van der Waals surface area contributed by atoms with Crippen molar-refractivity contribution in [1.29, 1.82) is 5.26 Å². The average molecular weight is 275 g/mol. The Hall–Kier alpha value is -2.20. The summed E-state index contributed by atoms with van der Waals surface area (Å²) in [5.41, 5.74) is 5.86. The van der Waals surface area contributed by atoms with E-state index in [1.54, 1.807) is 0 Å². The number of nitriles is 1. The first kappa shape index (κ1) is 14.2. The Balaban J connectivity index is 2.36. The molecule has 2 N–H and O–H groups in total. The van der Waals surface area contributed by atoms with Crippen LogP contribution in [0.2, 0.25) is 0 Å². The monoisotopic (exact) mass is 275 g/mol. The number of rotatable bonds is 3. The summed E-state index contributed by atoms with van der Waals surface area (Å²) in [6.45, 7) is 3.42. The van der Waals surface area contributed by atoms with Gasteiger partial charge in [0, 0.05) is 25.2 Å². The second-order valence-electron chi connectivity index (χ2n) is 5.15. The van der Waals surface area contributed by atoms with E-state index in [9.17, 15) is 15.4 Å². The molecule has 1 saturated heterocycles. The summed E-state index contributed by atoms with van der Waals surface area (Å²) in [7, 11) is 0. The maximum Gasteiger partial charge on any atom is 0.289 e. The molecular formula is C13H17N5O2. The molecule has 7 heteroatoms. The molecule has 1 aromatic rings. The van der Waals surface area contributed by atoms with Gasteiger partial charge in [-0.1, -0.05) is 6.92 Å². The van der Waals surface area contributed by atoms with Crippen LogP contribution in [-0.4, -0.2) is 29.0 Å². The first-order chi connectivity index (χ1) is 9.56. The van der Waals surface area contributed by atoms with Crippen molar-refractivity contribution in [3.63, 3.8) is 0 Å². The van der Waals surface area contributed by atoms with Crippen LogP contribution in [0.15, 0.2) is 12.3 Å². The van der Waals surface area contributed by atoms with E-state index < -0.39 is 4.92 Å². The first-order valence-electron chi connectivity index (χ1n) is 6.58. The zero-order valence-corrected chi connectivity index (χ0v) is 11.3. The molecule has 2 rings (SSSR count). The minimum Gasteiger partial charge on any atom is -0.351 e. The summed E-state index contributed by atoms with van der Waals surface area (Å²) in [5.74, 6) is 1.09. The number of pyridine rings is 1. The van der Waals surface area contributed by atoms with E-state index in [2.05, 4.69) is 11.9 Å². The number of nitrogens with zero attached hydrogens (tertiary/aromatic N) is 4. The Bertz CT molecular complexity index is 554. The molecular weight excluding hydrogens is 258 g/mol. The minimum absolute atomic E-state index is 0.125. The predicted octanol–water partition coefficient (Wildman–Crippen LogP) is 1.43. The molecule has 2 unspecified atom stereocenters. The smallest absolute Gasteiger partial charge is 0.289 e. The number of aromatic nitrogens is 1. The van der Waals surface area contributed by atoms with E-state index in [0.717, 1.165) is 19.4 Å². The van der Waals surface area contributed by atoms with Crippen molar-refractivity contribution in [2.24, 2.45) is 11.7 Å². The molecule has 0 saturated carbocycles. The lowest BCUT2D eigenvalue weighted by Crippen LogP contribution is -2.47. The SMILES string of the molecule is CC1CCN(c2ncc([N+](=O)[O-])cc2C#N)C(CN)C1. The van der Waals surface area contributed by atoms with Gasteiger partial charge in [0.2, 0.25) is 0 Å². The molecule has 2 atom stereocenters. The summed E-state index contributed by atoms with van der Waals surface area (Å²) < 4.78 is 0. The maximum atomic E-state index is 10.7. The Morgan fingerprint density at radius 2 is 2.45 bits per heavy atom. The van der Waals surface area contributed by atoms with Crippen molar-refractivity contribution in [3.8, 4) is 6.07 Å². The third-order valence-electron chi connectivity index (χ3n) is 3.71. The Kier molecular flexibility index (Phi) is 4.15. The zero-order chi connectivity index (χ0) is 14.7. The summed E-state index contributed by atoms with van der Waals surface area (Å²) in [5, 5.41) is 19.9. The molecule has 0 radical (unpaired) electrons. The largest absolute Gasteiger partial charge is 0.351 e.